The second-order valence-electron chi connectivity index (χ2n) is 29.7. The number of phenolic OH excluding ortho intramolecular Hbond substituents is 1. The SMILES string of the molecule is CC(=O)O.CCCC[C@H](NC(=O)[C@H](CO)NC(=O)[C@H](Cc1ccc(O)cc1)NC(=O)[C@H](CO)NC(C)=O)C(=O)N[C@@H](CCC(=O)O)C(=O)N[C@@H](Cc1cnc[nH]1)C(=O)N[C@H](Cc1ccccc1)C(=O)N[C@@H](CCCNC(=N)N)C(=O)N[C@@H](Cc1c[nH]c2ccccc12)C(=O)NCC(=O)N[C@@H](CCCCN)C(=O)N1CCC[C@H]1C(O)N[C@H](C(N)=O)C(C)C. The Hall–Kier alpha value is -12.7. The number of primary amides is 1. The molecule has 3 heterocycles. The van der Waals surface area contributed by atoms with Crippen LogP contribution in [0.5, 0.6) is 5.75 Å². The van der Waals surface area contributed by atoms with Gasteiger partial charge in [0.15, 0.2) is 5.96 Å². The van der Waals surface area contributed by atoms with Gasteiger partial charge in [0.05, 0.1) is 38.2 Å². The van der Waals surface area contributed by atoms with Crippen molar-refractivity contribution in [1.82, 2.24) is 89.0 Å². The Kier molecular flexibility index (Phi) is 42.4. The van der Waals surface area contributed by atoms with Crippen LogP contribution in [0.3, 0.4) is 0 Å². The third-order valence-electron chi connectivity index (χ3n) is 19.6. The first-order valence-corrected chi connectivity index (χ1v) is 40.1. The van der Waals surface area contributed by atoms with Gasteiger partial charge >= 0.3 is 5.97 Å². The number of aliphatic carboxylic acids is 2. The van der Waals surface area contributed by atoms with E-state index in [0.29, 0.717) is 59.7 Å². The number of amides is 13. The highest BCUT2D eigenvalue weighted by Gasteiger charge is 2.41. The number of benzene rings is 3. The number of unbranched alkanes of at least 4 members (excludes halogenated alkanes) is 2. The summed E-state index contributed by atoms with van der Waals surface area (Å²) in [6.45, 7) is 5.23. The molecule has 0 bridgehead atoms. The van der Waals surface area contributed by atoms with Crippen LogP contribution in [0.4, 0.5) is 0 Å². The van der Waals surface area contributed by atoms with Gasteiger partial charge in [-0.25, -0.2) is 4.98 Å². The molecule has 28 N–H and O–H groups in total. The second kappa shape index (κ2) is 51.7. The van der Waals surface area contributed by atoms with Crippen molar-refractivity contribution in [3.05, 3.63) is 120 Å². The average molecular weight is 1710 g/mol. The molecule has 1 fully saturated rings. The number of likely N-dealkylation sites (tertiary alicyclic amines) is 1. The standard InChI is InChI=1S/C78H113N21O19.C2H4O2/c1-5-6-19-52(91-75(116)61(41-101)97-72(113)57(34-46-24-26-49(103)27-25-46)94-74(115)60(40-100)88-44(4)102)68(109)92-54(28-29-64(105)106)70(111)96-59(36-48-38-83-42-87-48)73(114)93-56(33-45-16-8-7-9-17-45)71(112)90-53(22-14-31-84-78(81)82)69(110)95-58(35-47-37-85-51-20-11-10-18-50(47)51)67(108)86-39-63(104)89-55(21-12-13-30-79)77(118)99-32-15-23-62(99)76(117)98-65(43(2)3)66(80)107;1-2(3)4/h7-11,16-18,20,24-27,37-38,42-43,52-62,65,76,85,98,100-101,103,117H,5-6,12-15,19,21-23,28-36,39-41,79H2,1-4H3,(H2,80,107)(H,83,87)(H,86,108)(H,88,102)(H,89,104)(H,90,112)(H,91,116)(H,92,109)(H,93,114)(H,94,115)(H,95,110)(H,96,111)(H,97,113)(H,105,106)(H4,81,82,84);1H3,(H,3,4)/t52-,53-,54-,55-,56+,57-,58-,59-,60-,61-,62-,65-,76?;/m0./s1. The Morgan fingerprint density at radius 3 is 1.57 bits per heavy atom. The molecule has 5 aromatic rings. The molecule has 0 aliphatic carbocycles. The minimum absolute atomic E-state index is 0.000254. The monoisotopic (exact) mass is 1710 g/mol. The van der Waals surface area contributed by atoms with Crippen molar-refractivity contribution in [2.45, 2.75) is 216 Å². The molecule has 668 valence electrons. The van der Waals surface area contributed by atoms with E-state index in [9.17, 15) is 78.3 Å². The van der Waals surface area contributed by atoms with E-state index in [1.807, 2.05) is 0 Å². The number of nitrogens with two attached hydrogens (primary N) is 3. The van der Waals surface area contributed by atoms with Crippen molar-refractivity contribution in [3.8, 4) is 5.75 Å². The summed E-state index contributed by atoms with van der Waals surface area (Å²) in [5.74, 6) is -15.0. The highest BCUT2D eigenvalue weighted by atomic mass is 16.4. The molecule has 0 saturated carbocycles. The number of carbonyl (C=O) groups excluding carboxylic acids is 13. The Balaban J connectivity index is 0.00000646. The maximum Gasteiger partial charge on any atom is 0.303 e. The van der Waals surface area contributed by atoms with Crippen molar-refractivity contribution in [2.75, 3.05) is 39.4 Å². The number of carbonyl (C=O) groups is 15. The largest absolute Gasteiger partial charge is 0.508 e. The molecular weight excluding hydrogens is 1590 g/mol. The quantitative estimate of drug-likeness (QED) is 0.00759. The zero-order valence-corrected chi connectivity index (χ0v) is 68.8. The number of para-hydroxylation sites is 1. The lowest BCUT2D eigenvalue weighted by atomic mass is 10.0. The summed E-state index contributed by atoms with van der Waals surface area (Å²) < 4.78 is 0. The number of phenols is 1. The number of carboxylic acid groups (broad SMARTS) is 2. The third-order valence-corrected chi connectivity index (χ3v) is 19.6. The summed E-state index contributed by atoms with van der Waals surface area (Å²) in [5, 5.41) is 101. The summed E-state index contributed by atoms with van der Waals surface area (Å²) in [6, 6.07) is 3.40. The van der Waals surface area contributed by atoms with Crippen LogP contribution in [0.25, 0.3) is 10.9 Å². The zero-order valence-electron chi connectivity index (χ0n) is 68.8. The van der Waals surface area contributed by atoms with Crippen molar-refractivity contribution >= 4 is 106 Å². The molecule has 42 heteroatoms. The van der Waals surface area contributed by atoms with E-state index < -0.39 is 206 Å². The molecule has 1 saturated heterocycles. The van der Waals surface area contributed by atoms with Crippen LogP contribution >= 0.6 is 0 Å². The normalized spacial score (nSPS) is 15.3. The first-order chi connectivity index (χ1) is 58.1. The Morgan fingerprint density at radius 2 is 1.06 bits per heavy atom. The number of fused-ring (bicyclic) bond motifs is 1. The molecule has 0 spiro atoms. The number of aromatic nitrogens is 3. The van der Waals surface area contributed by atoms with Gasteiger partial charge in [0, 0.05) is 88.0 Å². The maximum absolute atomic E-state index is 15.2. The molecule has 13 amide bonds. The molecule has 1 unspecified atom stereocenters. The topological polar surface area (TPSA) is 683 Å². The summed E-state index contributed by atoms with van der Waals surface area (Å²) in [6.07, 6.45) is 2.63. The molecule has 1 aliphatic rings. The number of rotatable bonds is 51. The van der Waals surface area contributed by atoms with Crippen molar-refractivity contribution < 1.29 is 103 Å². The Morgan fingerprint density at radius 1 is 0.566 bits per heavy atom. The van der Waals surface area contributed by atoms with Gasteiger partial charge in [0.1, 0.15) is 72.4 Å². The number of guanidine groups is 1. The molecule has 6 rings (SSSR count). The highest BCUT2D eigenvalue weighted by molar-refractivity contribution is 6.00. The van der Waals surface area contributed by atoms with Crippen LogP contribution in [-0.4, -0.2) is 263 Å². The molecule has 2 aromatic heterocycles. The van der Waals surface area contributed by atoms with Gasteiger partial charge in [0.25, 0.3) is 5.97 Å². The molecule has 122 heavy (non-hydrogen) atoms. The third kappa shape index (κ3) is 34.2. The summed E-state index contributed by atoms with van der Waals surface area (Å²) in [4.78, 5) is 216. The minimum Gasteiger partial charge on any atom is -0.508 e. The van der Waals surface area contributed by atoms with E-state index in [2.05, 4.69) is 84.1 Å². The number of aromatic hydroxyl groups is 1. The van der Waals surface area contributed by atoms with Crippen LogP contribution in [0.1, 0.15) is 134 Å². The highest BCUT2D eigenvalue weighted by Crippen LogP contribution is 2.24. The number of aliphatic hydroxyl groups is 3. The number of hydrogen-bond acceptors (Lipinski definition) is 23. The van der Waals surface area contributed by atoms with Crippen LogP contribution < -0.4 is 86.3 Å². The zero-order chi connectivity index (χ0) is 90.1. The van der Waals surface area contributed by atoms with Crippen molar-refractivity contribution in [3.63, 3.8) is 0 Å². The number of nitrogens with one attached hydrogen (secondary N) is 16. The van der Waals surface area contributed by atoms with Crippen LogP contribution in [0, 0.1) is 11.3 Å². The lowest BCUT2D eigenvalue weighted by Gasteiger charge is -2.34. The first-order valence-electron chi connectivity index (χ1n) is 40.1. The summed E-state index contributed by atoms with van der Waals surface area (Å²) >= 11 is 0. The van der Waals surface area contributed by atoms with Gasteiger partial charge in [-0.05, 0) is 105 Å². The number of aliphatic hydroxyl groups excluding tert-OH is 3. The molecule has 0 radical (unpaired) electrons. The second-order valence-corrected chi connectivity index (χ2v) is 29.7. The van der Waals surface area contributed by atoms with Crippen molar-refractivity contribution in [2.24, 2.45) is 23.1 Å². The van der Waals surface area contributed by atoms with Crippen molar-refractivity contribution in [1.29, 1.82) is 5.41 Å². The Bertz CT molecular complexity index is 4300. The van der Waals surface area contributed by atoms with Crippen LogP contribution in [-0.2, 0) is 97.6 Å². The first kappa shape index (κ1) is 99.9. The fourth-order valence-electron chi connectivity index (χ4n) is 13.3. The van der Waals surface area contributed by atoms with E-state index in [1.165, 1.54) is 41.7 Å². The van der Waals surface area contributed by atoms with Gasteiger partial charge in [-0.15, -0.1) is 0 Å². The average Bonchev–Trinajstić information content (AvgIpc) is 1.64. The van der Waals surface area contributed by atoms with E-state index in [1.54, 1.807) is 81.6 Å². The minimum atomic E-state index is -1.83. The number of H-pyrrole nitrogens is 2. The van der Waals surface area contributed by atoms with E-state index in [-0.39, 0.29) is 94.8 Å². The summed E-state index contributed by atoms with van der Waals surface area (Å²) in [5.41, 5.74) is 19.4. The number of aromatic amines is 2. The molecule has 42 nitrogen and oxygen atoms in total. The van der Waals surface area contributed by atoms with Gasteiger partial charge < -0.3 is 127 Å². The van der Waals surface area contributed by atoms with Crippen LogP contribution in [0.2, 0.25) is 0 Å². The predicted molar refractivity (Wildman–Crippen MR) is 442 cm³/mol. The van der Waals surface area contributed by atoms with Gasteiger partial charge in [0.2, 0.25) is 76.8 Å². The van der Waals surface area contributed by atoms with E-state index in [0.717, 1.165) is 13.8 Å². The fraction of sp³-hybridized carbons (Fsp3) is 0.512. The van der Waals surface area contributed by atoms with E-state index in [4.69, 9.17) is 32.5 Å². The van der Waals surface area contributed by atoms with Crippen LogP contribution in [0.15, 0.2) is 97.6 Å². The van der Waals surface area contributed by atoms with Gasteiger partial charge in [-0.1, -0.05) is 94.3 Å². The molecule has 13 atom stereocenters. The smallest absolute Gasteiger partial charge is 0.303 e. The fourth-order valence-corrected chi connectivity index (χ4v) is 13.3. The van der Waals surface area contributed by atoms with E-state index >= 15 is 14.4 Å². The summed E-state index contributed by atoms with van der Waals surface area (Å²) in [7, 11) is 0. The predicted octanol–water partition coefficient (Wildman–Crippen LogP) is -4.22. The lowest BCUT2D eigenvalue weighted by molar-refractivity contribution is -0.140. The van der Waals surface area contributed by atoms with Gasteiger partial charge in [-0.3, -0.25) is 82.6 Å². The molecular formula is C80H117N21O21. The number of nitrogens with zero attached hydrogens (tertiary/aromatic N) is 2. The lowest BCUT2D eigenvalue weighted by Crippen LogP contribution is -2.61. The maximum atomic E-state index is 15.2. The number of carboxylic acids is 2. The number of imidazole rings is 1. The number of hydrogen-bond donors (Lipinski definition) is 25. The molecule has 1 aliphatic heterocycles. The molecule has 3 aromatic carbocycles. The van der Waals surface area contributed by atoms with Gasteiger partial charge in [-0.2, -0.15) is 0 Å². The Labute approximate surface area is 704 Å².